The van der Waals surface area contributed by atoms with Gasteiger partial charge in [-0.3, -0.25) is 4.79 Å². The fourth-order valence-electron chi connectivity index (χ4n) is 2.47. The molecule has 1 fully saturated rings. The fraction of sp³-hybridized carbons (Fsp3) is 0.556. The van der Waals surface area contributed by atoms with Crippen molar-refractivity contribution < 1.29 is 19.1 Å². The zero-order valence-electron chi connectivity index (χ0n) is 14.6. The lowest BCUT2D eigenvalue weighted by atomic mass is 10.1. The van der Waals surface area contributed by atoms with Gasteiger partial charge in [0.2, 0.25) is 0 Å². The van der Waals surface area contributed by atoms with Crippen LogP contribution in [0.4, 0.5) is 4.79 Å². The number of benzene rings is 1. The third-order valence-electron chi connectivity index (χ3n) is 3.66. The van der Waals surface area contributed by atoms with Gasteiger partial charge in [0, 0.05) is 13.1 Å². The Morgan fingerprint density at radius 2 is 1.75 bits per heavy atom. The second-order valence-corrected chi connectivity index (χ2v) is 7.05. The maximum absolute atomic E-state index is 11.9. The van der Waals surface area contributed by atoms with E-state index < -0.39 is 17.6 Å². The first-order chi connectivity index (χ1) is 11.2. The van der Waals surface area contributed by atoms with Crippen LogP contribution in [0.15, 0.2) is 24.3 Å². The molecule has 6 heteroatoms. The van der Waals surface area contributed by atoms with Crippen LogP contribution in [0.2, 0.25) is 0 Å². The minimum absolute atomic E-state index is 0.314. The van der Waals surface area contributed by atoms with E-state index in [1.54, 1.807) is 49.9 Å². The van der Waals surface area contributed by atoms with Crippen molar-refractivity contribution in [2.75, 3.05) is 13.1 Å². The summed E-state index contributed by atoms with van der Waals surface area (Å²) in [5.74, 6) is 0.0635. The molecule has 6 nitrogen and oxygen atoms in total. The van der Waals surface area contributed by atoms with Crippen molar-refractivity contribution >= 4 is 12.1 Å². The summed E-state index contributed by atoms with van der Waals surface area (Å²) in [5, 5.41) is 0. The highest BCUT2D eigenvalue weighted by atomic mass is 16.6. The lowest BCUT2D eigenvalue weighted by Gasteiger charge is -2.22. The zero-order chi connectivity index (χ0) is 17.7. The van der Waals surface area contributed by atoms with Crippen LogP contribution < -0.4 is 10.5 Å². The smallest absolute Gasteiger partial charge is 0.415 e. The Kier molecular flexibility index (Phi) is 5.83. The molecule has 0 aromatic heterocycles. The van der Waals surface area contributed by atoms with Crippen LogP contribution in [0.5, 0.6) is 5.75 Å². The second-order valence-electron chi connectivity index (χ2n) is 7.05. The van der Waals surface area contributed by atoms with E-state index in [1.807, 2.05) is 0 Å². The number of ether oxygens (including phenoxy) is 2. The van der Waals surface area contributed by atoms with Crippen molar-refractivity contribution in [1.82, 2.24) is 4.90 Å². The van der Waals surface area contributed by atoms with E-state index in [1.165, 1.54) is 0 Å². The average Bonchev–Trinajstić information content (AvgIpc) is 3.02. The SMILES string of the molecule is CC(C)(C)OC(=O)[C@@H](N)Cc1ccc(OC(=O)N2CCCC2)cc1. The Morgan fingerprint density at radius 3 is 2.29 bits per heavy atom. The van der Waals surface area contributed by atoms with Crippen molar-refractivity contribution in [2.24, 2.45) is 5.73 Å². The van der Waals surface area contributed by atoms with Crippen LogP contribution in [0, 0.1) is 0 Å². The van der Waals surface area contributed by atoms with Gasteiger partial charge in [0.15, 0.2) is 0 Å². The summed E-state index contributed by atoms with van der Waals surface area (Å²) in [5.41, 5.74) is 6.22. The fourth-order valence-corrected chi connectivity index (χ4v) is 2.47. The number of likely N-dealkylation sites (tertiary alicyclic amines) is 1. The first kappa shape index (κ1) is 18.3. The van der Waals surface area contributed by atoms with E-state index in [0.717, 1.165) is 31.5 Å². The molecule has 1 saturated heterocycles. The number of amides is 1. The van der Waals surface area contributed by atoms with Gasteiger partial charge in [0.05, 0.1) is 0 Å². The molecule has 0 bridgehead atoms. The molecular formula is C18H26N2O4. The summed E-state index contributed by atoms with van der Waals surface area (Å²) < 4.78 is 10.6. The molecule has 0 aliphatic carbocycles. The number of nitrogens with two attached hydrogens (primary N) is 1. The lowest BCUT2D eigenvalue weighted by molar-refractivity contribution is -0.156. The molecule has 0 unspecified atom stereocenters. The molecule has 2 N–H and O–H groups in total. The van der Waals surface area contributed by atoms with Gasteiger partial charge in [-0.25, -0.2) is 4.79 Å². The first-order valence-corrected chi connectivity index (χ1v) is 8.29. The number of carbonyl (C=O) groups is 2. The molecule has 2 rings (SSSR count). The number of hydrogen-bond donors (Lipinski definition) is 1. The standard InChI is InChI=1S/C18H26N2O4/c1-18(2,3)24-16(21)15(19)12-13-6-8-14(9-7-13)23-17(22)20-10-4-5-11-20/h6-9,15H,4-5,10-12,19H2,1-3H3/t15-/m0/s1. The molecule has 0 radical (unpaired) electrons. The summed E-state index contributed by atoms with van der Waals surface area (Å²) in [4.78, 5) is 25.5. The molecule has 0 saturated carbocycles. The van der Waals surface area contributed by atoms with Crippen LogP contribution in [-0.2, 0) is 16.0 Å². The molecule has 1 atom stereocenters. The molecule has 1 heterocycles. The zero-order valence-corrected chi connectivity index (χ0v) is 14.6. The van der Waals surface area contributed by atoms with Crippen molar-refractivity contribution in [1.29, 1.82) is 0 Å². The largest absolute Gasteiger partial charge is 0.459 e. The first-order valence-electron chi connectivity index (χ1n) is 8.29. The van der Waals surface area contributed by atoms with Gasteiger partial charge in [-0.2, -0.15) is 0 Å². The van der Waals surface area contributed by atoms with Gasteiger partial charge in [-0.1, -0.05) is 12.1 Å². The Labute approximate surface area is 142 Å². The van der Waals surface area contributed by atoms with Crippen LogP contribution >= 0.6 is 0 Å². The lowest BCUT2D eigenvalue weighted by Crippen LogP contribution is -2.38. The minimum Gasteiger partial charge on any atom is -0.459 e. The van der Waals surface area contributed by atoms with E-state index in [4.69, 9.17) is 15.2 Å². The van der Waals surface area contributed by atoms with Gasteiger partial charge in [0.1, 0.15) is 17.4 Å². The Balaban J connectivity index is 1.87. The van der Waals surface area contributed by atoms with Gasteiger partial charge < -0.3 is 20.1 Å². The number of carbonyl (C=O) groups excluding carboxylic acids is 2. The van der Waals surface area contributed by atoms with E-state index in [-0.39, 0.29) is 6.09 Å². The molecule has 1 aromatic carbocycles. The number of nitrogens with zero attached hydrogens (tertiary/aromatic N) is 1. The average molecular weight is 334 g/mol. The molecule has 24 heavy (non-hydrogen) atoms. The summed E-state index contributed by atoms with van der Waals surface area (Å²) in [6, 6.07) is 6.31. The van der Waals surface area contributed by atoms with Crippen LogP contribution in [0.3, 0.4) is 0 Å². The minimum atomic E-state index is -0.720. The van der Waals surface area contributed by atoms with Crippen LogP contribution in [0.25, 0.3) is 0 Å². The van der Waals surface area contributed by atoms with Crippen LogP contribution in [0.1, 0.15) is 39.2 Å². The van der Waals surface area contributed by atoms with Crippen molar-refractivity contribution in [3.8, 4) is 5.75 Å². The van der Waals surface area contributed by atoms with Gasteiger partial charge in [-0.05, 0) is 57.7 Å². The molecule has 1 aliphatic rings. The van der Waals surface area contributed by atoms with Gasteiger partial charge in [0.25, 0.3) is 0 Å². The summed E-state index contributed by atoms with van der Waals surface area (Å²) in [7, 11) is 0. The molecule has 1 amide bonds. The normalized spacial score (nSPS) is 15.9. The third kappa shape index (κ3) is 5.53. The van der Waals surface area contributed by atoms with Crippen molar-refractivity contribution in [3.63, 3.8) is 0 Å². The highest BCUT2D eigenvalue weighted by Crippen LogP contribution is 2.17. The van der Waals surface area contributed by atoms with Gasteiger partial charge in [-0.15, -0.1) is 0 Å². The molecule has 132 valence electrons. The quantitative estimate of drug-likeness (QED) is 0.856. The summed E-state index contributed by atoms with van der Waals surface area (Å²) in [6.07, 6.45) is 2.10. The molecular weight excluding hydrogens is 308 g/mol. The third-order valence-corrected chi connectivity index (χ3v) is 3.66. The van der Waals surface area contributed by atoms with Crippen LogP contribution in [-0.4, -0.2) is 41.7 Å². The second kappa shape index (κ2) is 7.66. The highest BCUT2D eigenvalue weighted by Gasteiger charge is 2.23. The van der Waals surface area contributed by atoms with E-state index in [9.17, 15) is 9.59 Å². The van der Waals surface area contributed by atoms with E-state index >= 15 is 0 Å². The number of esters is 1. The Bertz CT molecular complexity index is 572. The maximum atomic E-state index is 11.9. The van der Waals surface area contributed by atoms with E-state index in [0.29, 0.717) is 12.2 Å². The van der Waals surface area contributed by atoms with Gasteiger partial charge >= 0.3 is 12.1 Å². The molecule has 1 aliphatic heterocycles. The summed E-state index contributed by atoms with van der Waals surface area (Å²) in [6.45, 7) is 6.92. The predicted molar refractivity (Wildman–Crippen MR) is 90.8 cm³/mol. The van der Waals surface area contributed by atoms with Crippen molar-refractivity contribution in [2.45, 2.75) is 51.7 Å². The molecule has 0 spiro atoms. The topological polar surface area (TPSA) is 81.9 Å². The summed E-state index contributed by atoms with van der Waals surface area (Å²) >= 11 is 0. The number of hydrogen-bond acceptors (Lipinski definition) is 5. The van der Waals surface area contributed by atoms with Crippen molar-refractivity contribution in [3.05, 3.63) is 29.8 Å². The molecule has 1 aromatic rings. The van der Waals surface area contributed by atoms with E-state index in [2.05, 4.69) is 0 Å². The number of rotatable bonds is 4. The highest BCUT2D eigenvalue weighted by molar-refractivity contribution is 5.76. The monoisotopic (exact) mass is 334 g/mol. The maximum Gasteiger partial charge on any atom is 0.415 e. The Hall–Kier alpha value is -2.08. The Morgan fingerprint density at radius 1 is 1.17 bits per heavy atom. The predicted octanol–water partition coefficient (Wildman–Crippen LogP) is 2.49.